The first-order chi connectivity index (χ1) is 9.31. The number of hydrogen-bond donors (Lipinski definition) is 4. The first-order valence-electron chi connectivity index (χ1n) is 5.81. The quantitative estimate of drug-likeness (QED) is 0.424. The van der Waals surface area contributed by atoms with E-state index in [2.05, 4.69) is 16.0 Å². The molecule has 6 N–H and O–H groups in total. The molecule has 1 aromatic heterocycles. The zero-order valence-corrected chi connectivity index (χ0v) is 10.7. The Morgan fingerprint density at radius 1 is 1.70 bits per heavy atom. The third-order valence-electron chi connectivity index (χ3n) is 3.18. The Bertz CT molecular complexity index is 610. The smallest absolute Gasteiger partial charge is 0.368 e. The van der Waals surface area contributed by atoms with E-state index in [0.717, 1.165) is 10.9 Å². The van der Waals surface area contributed by atoms with E-state index in [-0.39, 0.29) is 5.82 Å². The summed E-state index contributed by atoms with van der Waals surface area (Å²) in [5.74, 6) is 2.13. The highest BCUT2D eigenvalue weighted by Crippen LogP contribution is 2.36. The van der Waals surface area contributed by atoms with E-state index in [9.17, 15) is 15.0 Å². The molecule has 0 saturated carbocycles. The molecule has 1 aliphatic heterocycles. The number of aliphatic hydroxyl groups is 2. The van der Waals surface area contributed by atoms with Gasteiger partial charge in [-0.1, -0.05) is 5.92 Å². The van der Waals surface area contributed by atoms with Gasteiger partial charge < -0.3 is 26.4 Å². The van der Waals surface area contributed by atoms with Crippen LogP contribution in [-0.4, -0.2) is 48.8 Å². The number of ether oxygens (including phenoxy) is 1. The molecule has 2 heterocycles. The molecule has 9 nitrogen and oxygen atoms in total. The van der Waals surface area contributed by atoms with Crippen molar-refractivity contribution in [1.82, 2.24) is 14.8 Å². The number of terminal acetylenes is 1. The third-order valence-corrected chi connectivity index (χ3v) is 3.18. The summed E-state index contributed by atoms with van der Waals surface area (Å²) in [6, 6.07) is 0. The molecule has 20 heavy (non-hydrogen) atoms. The second-order valence-electron chi connectivity index (χ2n) is 4.62. The minimum atomic E-state index is -1.73. The zero-order valence-electron chi connectivity index (χ0n) is 10.7. The molecule has 108 valence electrons. The summed E-state index contributed by atoms with van der Waals surface area (Å²) < 4.78 is 6.19. The summed E-state index contributed by atoms with van der Waals surface area (Å²) in [7, 11) is 0. The highest BCUT2D eigenvalue weighted by molar-refractivity contribution is 5.24. The van der Waals surface area contributed by atoms with E-state index >= 15 is 0 Å². The minimum Gasteiger partial charge on any atom is -0.391 e. The van der Waals surface area contributed by atoms with E-state index in [1.165, 1.54) is 6.92 Å². The second-order valence-corrected chi connectivity index (χ2v) is 4.62. The Morgan fingerprint density at radius 2 is 2.35 bits per heavy atom. The van der Waals surface area contributed by atoms with Gasteiger partial charge in [0.1, 0.15) is 18.0 Å². The fourth-order valence-corrected chi connectivity index (χ4v) is 2.07. The average Bonchev–Trinajstić information content (AvgIpc) is 2.64. The van der Waals surface area contributed by atoms with E-state index in [1.54, 1.807) is 0 Å². The number of hydrogen-bond acceptors (Lipinski definition) is 8. The molecule has 0 spiro atoms. The summed E-state index contributed by atoms with van der Waals surface area (Å²) in [6.07, 6.45) is 1.75. The summed E-state index contributed by atoms with van der Waals surface area (Å²) >= 11 is 0. The first kappa shape index (κ1) is 14.4. The van der Waals surface area contributed by atoms with Gasteiger partial charge in [0.25, 0.3) is 0 Å². The number of nitrogens with two attached hydrogens (primary N) is 2. The normalized spacial score (nSPS) is 34.6. The molecule has 1 saturated heterocycles. The maximum Gasteiger partial charge on any atom is 0.368 e. The Balaban J connectivity index is 2.50. The highest BCUT2D eigenvalue weighted by Gasteiger charge is 2.56. The van der Waals surface area contributed by atoms with Gasteiger partial charge in [-0.3, -0.25) is 0 Å². The topological polar surface area (TPSA) is 150 Å². The van der Waals surface area contributed by atoms with Gasteiger partial charge in [0.15, 0.2) is 11.8 Å². The fraction of sp³-hybridized carbons (Fsp3) is 0.545. The summed E-state index contributed by atoms with van der Waals surface area (Å²) in [6.45, 7) is 1.41. The highest BCUT2D eigenvalue weighted by atomic mass is 16.6. The van der Waals surface area contributed by atoms with Crippen molar-refractivity contribution in [3.63, 3.8) is 0 Å². The van der Waals surface area contributed by atoms with Crippen molar-refractivity contribution >= 4 is 5.82 Å². The van der Waals surface area contributed by atoms with Crippen LogP contribution < -0.4 is 17.2 Å². The lowest BCUT2D eigenvalue weighted by Crippen LogP contribution is -2.55. The number of rotatable bonds is 2. The molecule has 1 aliphatic rings. The summed E-state index contributed by atoms with van der Waals surface area (Å²) in [4.78, 5) is 15.3. The molecule has 9 heteroatoms. The number of aromatic nitrogens is 3. The van der Waals surface area contributed by atoms with Gasteiger partial charge in [0.05, 0.1) is 12.3 Å². The van der Waals surface area contributed by atoms with Gasteiger partial charge in [-0.05, 0) is 6.92 Å². The molecule has 1 aromatic rings. The van der Waals surface area contributed by atoms with Crippen molar-refractivity contribution in [2.75, 3.05) is 5.73 Å². The lowest BCUT2D eigenvalue weighted by atomic mass is 9.90. The van der Waals surface area contributed by atoms with E-state index in [4.69, 9.17) is 22.6 Å². The van der Waals surface area contributed by atoms with Crippen molar-refractivity contribution in [2.24, 2.45) is 5.73 Å². The van der Waals surface area contributed by atoms with Crippen LogP contribution in [0.2, 0.25) is 0 Å². The molecule has 2 rings (SSSR count). The molecule has 1 fully saturated rings. The van der Waals surface area contributed by atoms with Crippen molar-refractivity contribution in [2.45, 2.75) is 37.0 Å². The Hall–Kier alpha value is -1.99. The zero-order chi connectivity index (χ0) is 15.1. The number of nitrogen functional groups attached to an aromatic ring is 1. The minimum absolute atomic E-state index is 0.0693. The van der Waals surface area contributed by atoms with E-state index < -0.39 is 35.8 Å². The molecular weight excluding hydrogens is 266 g/mol. The summed E-state index contributed by atoms with van der Waals surface area (Å²) in [5.41, 5.74) is 8.73. The van der Waals surface area contributed by atoms with Gasteiger partial charge >= 0.3 is 5.69 Å². The fourth-order valence-electron chi connectivity index (χ4n) is 2.07. The standard InChI is InChI=1S/C11H15N5O4/c1-3-11(13)8(18)7(5(2)17)20-9(11)16-10(19)15-6(12)4-14-16/h1,4-5,7-9,17-18H,13H2,2H3,(H2,12,15,19)/t5-,7+,8-,9+,11?/m0/s1. The number of nitrogens with zero attached hydrogens (tertiary/aromatic N) is 3. The van der Waals surface area contributed by atoms with Crippen LogP contribution in [0.15, 0.2) is 11.0 Å². The van der Waals surface area contributed by atoms with Crippen LogP contribution in [0, 0.1) is 12.3 Å². The van der Waals surface area contributed by atoms with Gasteiger partial charge in [-0.25, -0.2) is 4.79 Å². The SMILES string of the molecule is C#CC1(N)[C@@H](O)[C@@H]([C@H](C)O)O[C@H]1n1ncc(N)nc1=O. The molecule has 0 bridgehead atoms. The predicted octanol–water partition coefficient (Wildman–Crippen LogP) is -2.81. The van der Waals surface area contributed by atoms with Crippen molar-refractivity contribution in [3.8, 4) is 12.3 Å². The molecule has 1 unspecified atom stereocenters. The average molecular weight is 281 g/mol. The van der Waals surface area contributed by atoms with Crippen LogP contribution in [0.25, 0.3) is 0 Å². The van der Waals surface area contributed by atoms with Crippen LogP contribution >= 0.6 is 0 Å². The molecule has 0 amide bonds. The maximum absolute atomic E-state index is 11.8. The Kier molecular flexibility index (Phi) is 3.49. The predicted molar refractivity (Wildman–Crippen MR) is 68.1 cm³/mol. The van der Waals surface area contributed by atoms with Crippen LogP contribution in [0.3, 0.4) is 0 Å². The van der Waals surface area contributed by atoms with Crippen molar-refractivity contribution < 1.29 is 14.9 Å². The Labute approximate surface area is 114 Å². The van der Waals surface area contributed by atoms with Gasteiger partial charge in [0.2, 0.25) is 0 Å². The lowest BCUT2D eigenvalue weighted by molar-refractivity contribution is -0.0816. The van der Waals surface area contributed by atoms with Crippen LogP contribution in [-0.2, 0) is 4.74 Å². The van der Waals surface area contributed by atoms with Gasteiger partial charge in [-0.15, -0.1) is 6.42 Å². The molecule has 0 aliphatic carbocycles. The molecule has 0 radical (unpaired) electrons. The van der Waals surface area contributed by atoms with Gasteiger partial charge in [-0.2, -0.15) is 14.8 Å². The second kappa shape index (κ2) is 4.84. The van der Waals surface area contributed by atoms with E-state index in [0.29, 0.717) is 0 Å². The van der Waals surface area contributed by atoms with Crippen molar-refractivity contribution in [1.29, 1.82) is 0 Å². The van der Waals surface area contributed by atoms with Crippen LogP contribution in [0.4, 0.5) is 5.82 Å². The maximum atomic E-state index is 11.8. The largest absolute Gasteiger partial charge is 0.391 e. The number of anilines is 1. The van der Waals surface area contributed by atoms with Gasteiger partial charge in [0, 0.05) is 0 Å². The first-order valence-corrected chi connectivity index (χ1v) is 5.81. The van der Waals surface area contributed by atoms with Crippen molar-refractivity contribution in [3.05, 3.63) is 16.7 Å². The number of aliphatic hydroxyl groups excluding tert-OH is 2. The van der Waals surface area contributed by atoms with E-state index in [1.807, 2.05) is 0 Å². The van der Waals surface area contributed by atoms with Crippen LogP contribution in [0.1, 0.15) is 13.2 Å². The molecule has 5 atom stereocenters. The monoisotopic (exact) mass is 281 g/mol. The van der Waals surface area contributed by atoms with Crippen LogP contribution in [0.5, 0.6) is 0 Å². The molecular formula is C11H15N5O4. The third kappa shape index (κ3) is 2.04. The molecule has 0 aromatic carbocycles. The summed E-state index contributed by atoms with van der Waals surface area (Å²) in [5, 5.41) is 23.4. The Morgan fingerprint density at radius 3 is 2.85 bits per heavy atom. The lowest BCUT2D eigenvalue weighted by Gasteiger charge is -2.26.